The molecule has 6 heteroatoms. The Hall–Kier alpha value is -2.08. The molecule has 2 atom stereocenters. The average molecular weight is 347 g/mol. The number of hydrogen-bond donors (Lipinski definition) is 3. The summed E-state index contributed by atoms with van der Waals surface area (Å²) < 4.78 is 0. The summed E-state index contributed by atoms with van der Waals surface area (Å²) in [5.41, 5.74) is 1.72. The van der Waals surface area contributed by atoms with Gasteiger partial charge < -0.3 is 20.6 Å². The van der Waals surface area contributed by atoms with Gasteiger partial charge in [0.25, 0.3) is 0 Å². The van der Waals surface area contributed by atoms with Crippen molar-refractivity contribution in [3.05, 3.63) is 29.3 Å². The van der Waals surface area contributed by atoms with Crippen molar-refractivity contribution < 1.29 is 14.7 Å². The van der Waals surface area contributed by atoms with Crippen LogP contribution in [0.2, 0.25) is 0 Å². The minimum Gasteiger partial charge on any atom is -0.508 e. The number of rotatable bonds is 4. The van der Waals surface area contributed by atoms with Gasteiger partial charge in [-0.2, -0.15) is 0 Å². The van der Waals surface area contributed by atoms with E-state index in [2.05, 4.69) is 10.6 Å². The van der Waals surface area contributed by atoms with Crippen LogP contribution in [0.15, 0.2) is 18.2 Å². The number of benzene rings is 1. The van der Waals surface area contributed by atoms with E-state index in [0.29, 0.717) is 13.0 Å². The van der Waals surface area contributed by atoms with E-state index in [0.717, 1.165) is 11.1 Å². The number of carbonyl (C=O) groups is 2. The molecule has 0 aliphatic carbocycles. The molecule has 1 aromatic rings. The highest BCUT2D eigenvalue weighted by Crippen LogP contribution is 2.29. The van der Waals surface area contributed by atoms with Crippen molar-refractivity contribution in [3.8, 4) is 5.75 Å². The van der Waals surface area contributed by atoms with Crippen LogP contribution in [-0.2, 0) is 22.6 Å². The van der Waals surface area contributed by atoms with Crippen LogP contribution in [-0.4, -0.2) is 47.5 Å². The maximum Gasteiger partial charge on any atom is 0.246 e. The highest BCUT2D eigenvalue weighted by Gasteiger charge is 2.38. The quantitative estimate of drug-likeness (QED) is 0.769. The molecule has 138 valence electrons. The average Bonchev–Trinajstić information content (AvgIpc) is 2.50. The number of aromatic hydroxyl groups is 1. The van der Waals surface area contributed by atoms with Gasteiger partial charge in [0.15, 0.2) is 0 Å². The molecule has 1 heterocycles. The molecule has 6 nitrogen and oxygen atoms in total. The summed E-state index contributed by atoms with van der Waals surface area (Å²) in [5, 5.41) is 15.3. The fraction of sp³-hybridized carbons (Fsp3) is 0.579. The van der Waals surface area contributed by atoms with Gasteiger partial charge in [-0.3, -0.25) is 9.59 Å². The Morgan fingerprint density at radius 1 is 1.32 bits per heavy atom. The molecule has 0 bridgehead atoms. The van der Waals surface area contributed by atoms with Crippen LogP contribution in [0.4, 0.5) is 0 Å². The normalized spacial score (nSPS) is 18.4. The highest BCUT2D eigenvalue weighted by molar-refractivity contribution is 5.89. The standard InChI is InChI=1S/C19H29N3O3/c1-12-8-14-9-15(23)7-6-13(14)11-22(12)18(25)17(19(2,3)4)21-16(24)10-20-5/h6-7,9,12,17,20,23H,8,10-11H2,1-5H3,(H,21,24). The summed E-state index contributed by atoms with van der Waals surface area (Å²) in [4.78, 5) is 27.1. The molecule has 3 N–H and O–H groups in total. The summed E-state index contributed by atoms with van der Waals surface area (Å²) in [5.74, 6) is -0.00781. The van der Waals surface area contributed by atoms with Crippen molar-refractivity contribution >= 4 is 11.8 Å². The van der Waals surface area contributed by atoms with Crippen molar-refractivity contribution in [2.24, 2.45) is 5.41 Å². The van der Waals surface area contributed by atoms with Crippen molar-refractivity contribution in [3.63, 3.8) is 0 Å². The first-order valence-electron chi connectivity index (χ1n) is 8.68. The maximum absolute atomic E-state index is 13.2. The summed E-state index contributed by atoms with van der Waals surface area (Å²) in [6.45, 7) is 8.53. The van der Waals surface area contributed by atoms with E-state index in [1.807, 2.05) is 38.7 Å². The largest absolute Gasteiger partial charge is 0.508 e. The third kappa shape index (κ3) is 4.51. The first kappa shape index (κ1) is 19.2. The van der Waals surface area contributed by atoms with Crippen LogP contribution in [0.3, 0.4) is 0 Å². The molecule has 0 fully saturated rings. The minimum atomic E-state index is -0.588. The molecule has 0 aromatic heterocycles. The van der Waals surface area contributed by atoms with Crippen molar-refractivity contribution in [1.82, 2.24) is 15.5 Å². The molecular weight excluding hydrogens is 318 g/mol. The molecule has 2 rings (SSSR count). The Morgan fingerprint density at radius 2 is 2.00 bits per heavy atom. The Bertz CT molecular complexity index is 652. The Labute approximate surface area is 149 Å². The molecule has 1 aliphatic heterocycles. The monoisotopic (exact) mass is 347 g/mol. The first-order valence-corrected chi connectivity index (χ1v) is 8.68. The third-order valence-electron chi connectivity index (χ3n) is 4.62. The van der Waals surface area contributed by atoms with E-state index >= 15 is 0 Å². The van der Waals surface area contributed by atoms with Crippen LogP contribution < -0.4 is 10.6 Å². The van der Waals surface area contributed by atoms with Gasteiger partial charge in [-0.05, 0) is 49.1 Å². The van der Waals surface area contributed by atoms with Gasteiger partial charge in [0.05, 0.1) is 6.54 Å². The van der Waals surface area contributed by atoms with Crippen molar-refractivity contribution in [2.45, 2.75) is 52.7 Å². The van der Waals surface area contributed by atoms with Gasteiger partial charge in [-0.1, -0.05) is 26.8 Å². The second kappa shape index (κ2) is 7.44. The molecule has 0 saturated heterocycles. The molecule has 1 aromatic carbocycles. The van der Waals surface area contributed by atoms with E-state index in [1.165, 1.54) is 0 Å². The Morgan fingerprint density at radius 3 is 2.60 bits per heavy atom. The van der Waals surface area contributed by atoms with Crippen molar-refractivity contribution in [2.75, 3.05) is 13.6 Å². The molecule has 25 heavy (non-hydrogen) atoms. The number of fused-ring (bicyclic) bond motifs is 1. The molecule has 0 saturated carbocycles. The van der Waals surface area contributed by atoms with E-state index < -0.39 is 11.5 Å². The van der Waals surface area contributed by atoms with Crippen molar-refractivity contribution in [1.29, 1.82) is 0 Å². The zero-order valence-corrected chi connectivity index (χ0v) is 15.7. The smallest absolute Gasteiger partial charge is 0.246 e. The zero-order valence-electron chi connectivity index (χ0n) is 15.7. The molecular formula is C19H29N3O3. The molecule has 1 aliphatic rings. The number of nitrogens with one attached hydrogen (secondary N) is 2. The van der Waals surface area contributed by atoms with E-state index in [1.54, 1.807) is 19.2 Å². The van der Waals surface area contributed by atoms with E-state index in [-0.39, 0.29) is 30.2 Å². The summed E-state index contributed by atoms with van der Waals surface area (Å²) in [6.07, 6.45) is 0.691. The van der Waals surface area contributed by atoms with Gasteiger partial charge in [0, 0.05) is 12.6 Å². The first-order chi connectivity index (χ1) is 11.6. The van der Waals surface area contributed by atoms with Gasteiger partial charge >= 0.3 is 0 Å². The summed E-state index contributed by atoms with van der Waals surface area (Å²) in [6, 6.07) is 4.70. The number of phenolic OH excluding ortho intramolecular Hbond substituents is 1. The predicted molar refractivity (Wildman–Crippen MR) is 97.1 cm³/mol. The number of likely N-dealkylation sites (N-methyl/N-ethyl adjacent to an activating group) is 1. The zero-order chi connectivity index (χ0) is 18.8. The molecule has 0 radical (unpaired) electrons. The topological polar surface area (TPSA) is 81.7 Å². The lowest BCUT2D eigenvalue weighted by molar-refractivity contribution is -0.142. The second-order valence-electron chi connectivity index (χ2n) is 7.87. The lowest BCUT2D eigenvalue weighted by Crippen LogP contribution is -2.58. The second-order valence-corrected chi connectivity index (χ2v) is 7.87. The summed E-state index contributed by atoms with van der Waals surface area (Å²) >= 11 is 0. The fourth-order valence-corrected chi connectivity index (χ4v) is 3.21. The molecule has 0 spiro atoms. The summed E-state index contributed by atoms with van der Waals surface area (Å²) in [7, 11) is 1.70. The Balaban J connectivity index is 2.23. The van der Waals surface area contributed by atoms with Gasteiger partial charge in [0.2, 0.25) is 11.8 Å². The van der Waals surface area contributed by atoms with Crippen LogP contribution in [0.25, 0.3) is 0 Å². The number of amides is 2. The molecule has 2 unspecified atom stereocenters. The number of hydrogen-bond acceptors (Lipinski definition) is 4. The fourth-order valence-electron chi connectivity index (χ4n) is 3.21. The number of carbonyl (C=O) groups excluding carboxylic acids is 2. The third-order valence-corrected chi connectivity index (χ3v) is 4.62. The Kier molecular flexibility index (Phi) is 5.72. The van der Waals surface area contributed by atoms with Gasteiger partial charge in [-0.25, -0.2) is 0 Å². The van der Waals surface area contributed by atoms with Gasteiger partial charge in [-0.15, -0.1) is 0 Å². The molecule has 2 amide bonds. The lowest BCUT2D eigenvalue weighted by Gasteiger charge is -2.40. The van der Waals surface area contributed by atoms with E-state index in [4.69, 9.17) is 0 Å². The lowest BCUT2D eigenvalue weighted by atomic mass is 9.84. The predicted octanol–water partition coefficient (Wildman–Crippen LogP) is 1.42. The van der Waals surface area contributed by atoms with E-state index in [9.17, 15) is 14.7 Å². The SMILES string of the molecule is CNCC(=O)NC(C(=O)N1Cc2ccc(O)cc2CC1C)C(C)(C)C. The van der Waals surface area contributed by atoms with Crippen LogP contribution in [0.5, 0.6) is 5.75 Å². The number of phenols is 1. The van der Waals surface area contributed by atoms with Gasteiger partial charge in [0.1, 0.15) is 11.8 Å². The minimum absolute atomic E-state index is 0.00727. The van der Waals surface area contributed by atoms with Crippen LogP contribution in [0.1, 0.15) is 38.8 Å². The maximum atomic E-state index is 13.2. The highest BCUT2D eigenvalue weighted by atomic mass is 16.3. The van der Waals surface area contributed by atoms with Crippen LogP contribution >= 0.6 is 0 Å². The number of nitrogens with zero attached hydrogens (tertiary/aromatic N) is 1. The van der Waals surface area contributed by atoms with Crippen LogP contribution in [0, 0.1) is 5.41 Å².